The van der Waals surface area contributed by atoms with Gasteiger partial charge in [-0.05, 0) is 75.5 Å². The topological polar surface area (TPSA) is 37.3 Å². The molecule has 0 fully saturated rings. The van der Waals surface area contributed by atoms with E-state index in [0.717, 1.165) is 12.0 Å². The highest BCUT2D eigenvalue weighted by atomic mass is 16.4. The van der Waals surface area contributed by atoms with Crippen LogP contribution in [0.15, 0.2) is 36.4 Å². The lowest BCUT2D eigenvalue weighted by Crippen LogP contribution is -2.30. The second-order valence-corrected chi connectivity index (χ2v) is 10.5. The highest BCUT2D eigenvalue weighted by molar-refractivity contribution is 5.88. The Balaban J connectivity index is 2.04. The number of benzene rings is 2. The highest BCUT2D eigenvalue weighted by Crippen LogP contribution is 2.54. The Kier molecular flexibility index (Phi) is 6.00. The molecule has 1 N–H and O–H groups in total. The van der Waals surface area contributed by atoms with Crippen molar-refractivity contribution in [2.24, 2.45) is 11.8 Å². The monoisotopic (exact) mass is 404 g/mol. The van der Waals surface area contributed by atoms with Gasteiger partial charge in [0.15, 0.2) is 0 Å². The largest absolute Gasteiger partial charge is 0.478 e. The molecule has 2 aromatic carbocycles. The molecule has 1 unspecified atom stereocenters. The van der Waals surface area contributed by atoms with Crippen LogP contribution >= 0.6 is 0 Å². The van der Waals surface area contributed by atoms with Gasteiger partial charge in [-0.3, -0.25) is 0 Å². The number of aromatic carboxylic acids is 1. The van der Waals surface area contributed by atoms with Crippen LogP contribution in [0.25, 0.3) is 12.2 Å². The lowest BCUT2D eigenvalue weighted by atomic mass is 9.71. The van der Waals surface area contributed by atoms with Crippen LogP contribution < -0.4 is 0 Å². The molecular formula is C28H36O2. The van der Waals surface area contributed by atoms with Crippen molar-refractivity contribution in [2.75, 3.05) is 0 Å². The Bertz CT molecular complexity index is 959. The lowest BCUT2D eigenvalue weighted by Gasteiger charge is -2.32. The SMILES string of the molecule is CC(C)CCc1cc2c(cc1C=Cc1ccc(C(=O)O)cc1)C(C)(C)C(C)C2(C)C. The number of rotatable bonds is 6. The summed E-state index contributed by atoms with van der Waals surface area (Å²) in [5, 5.41) is 9.11. The van der Waals surface area contributed by atoms with Crippen molar-refractivity contribution in [3.63, 3.8) is 0 Å². The van der Waals surface area contributed by atoms with Gasteiger partial charge in [-0.25, -0.2) is 4.79 Å². The number of hydrogen-bond acceptors (Lipinski definition) is 1. The molecule has 1 aliphatic carbocycles. The normalized spacial score (nSPS) is 19.4. The summed E-state index contributed by atoms with van der Waals surface area (Å²) >= 11 is 0. The minimum Gasteiger partial charge on any atom is -0.478 e. The van der Waals surface area contributed by atoms with Crippen molar-refractivity contribution in [1.29, 1.82) is 0 Å². The molecule has 30 heavy (non-hydrogen) atoms. The predicted octanol–water partition coefficient (Wildman–Crippen LogP) is 7.35. The molecule has 2 nitrogen and oxygen atoms in total. The van der Waals surface area contributed by atoms with E-state index in [0.29, 0.717) is 17.4 Å². The molecule has 160 valence electrons. The number of aryl methyl sites for hydroxylation is 1. The molecule has 0 saturated carbocycles. The molecule has 0 spiro atoms. The zero-order chi connectivity index (χ0) is 22.3. The van der Waals surface area contributed by atoms with Crippen LogP contribution in [0.1, 0.15) is 93.1 Å². The first kappa shape index (κ1) is 22.3. The van der Waals surface area contributed by atoms with Crippen LogP contribution in [0.4, 0.5) is 0 Å². The van der Waals surface area contributed by atoms with Gasteiger partial charge in [0.25, 0.3) is 0 Å². The summed E-state index contributed by atoms with van der Waals surface area (Å²) < 4.78 is 0. The fourth-order valence-corrected chi connectivity index (χ4v) is 4.83. The van der Waals surface area contributed by atoms with E-state index >= 15 is 0 Å². The fourth-order valence-electron chi connectivity index (χ4n) is 4.83. The second-order valence-electron chi connectivity index (χ2n) is 10.5. The van der Waals surface area contributed by atoms with E-state index in [1.54, 1.807) is 12.1 Å². The van der Waals surface area contributed by atoms with Crippen molar-refractivity contribution in [1.82, 2.24) is 0 Å². The molecule has 1 atom stereocenters. The number of carbonyl (C=O) groups is 1. The van der Waals surface area contributed by atoms with Crippen LogP contribution in [-0.2, 0) is 17.3 Å². The van der Waals surface area contributed by atoms with Gasteiger partial charge in [-0.15, -0.1) is 0 Å². The van der Waals surface area contributed by atoms with Crippen LogP contribution in [0.2, 0.25) is 0 Å². The van der Waals surface area contributed by atoms with Crippen molar-refractivity contribution in [3.8, 4) is 0 Å². The summed E-state index contributed by atoms with van der Waals surface area (Å²) in [5.41, 5.74) is 7.31. The second kappa shape index (κ2) is 8.06. The van der Waals surface area contributed by atoms with E-state index < -0.39 is 5.97 Å². The Hall–Kier alpha value is -2.35. The third-order valence-electron chi connectivity index (χ3n) is 7.44. The molecule has 0 bridgehead atoms. The van der Waals surface area contributed by atoms with Crippen LogP contribution in [0.5, 0.6) is 0 Å². The van der Waals surface area contributed by atoms with Gasteiger partial charge in [-0.1, -0.05) is 84.9 Å². The minimum atomic E-state index is -0.890. The van der Waals surface area contributed by atoms with Gasteiger partial charge >= 0.3 is 5.97 Å². The maximum absolute atomic E-state index is 11.1. The Labute approximate surface area is 182 Å². The van der Waals surface area contributed by atoms with Crippen LogP contribution in [-0.4, -0.2) is 11.1 Å². The standard InChI is InChI=1S/C28H36O2/c1-18(2)8-12-22-16-24-25(28(6,7)19(3)27(24,4)5)17-23(22)15-11-20-9-13-21(14-10-20)26(29)30/h9-11,13-19H,8,12H2,1-7H3,(H,29,30). The molecule has 0 saturated heterocycles. The van der Waals surface area contributed by atoms with Gasteiger partial charge in [0.1, 0.15) is 0 Å². The van der Waals surface area contributed by atoms with E-state index in [1.807, 2.05) is 12.1 Å². The van der Waals surface area contributed by atoms with Crippen LogP contribution in [0.3, 0.4) is 0 Å². The molecule has 0 radical (unpaired) electrons. The molecule has 0 amide bonds. The van der Waals surface area contributed by atoms with Crippen molar-refractivity contribution < 1.29 is 9.90 Å². The van der Waals surface area contributed by atoms with E-state index in [-0.39, 0.29) is 10.8 Å². The summed E-state index contributed by atoms with van der Waals surface area (Å²) in [5.74, 6) is 0.349. The Morgan fingerprint density at radius 3 is 2.10 bits per heavy atom. The smallest absolute Gasteiger partial charge is 0.335 e. The Morgan fingerprint density at radius 2 is 1.57 bits per heavy atom. The molecule has 2 heteroatoms. The van der Waals surface area contributed by atoms with E-state index in [4.69, 9.17) is 5.11 Å². The number of carboxylic acid groups (broad SMARTS) is 1. The average Bonchev–Trinajstić information content (AvgIpc) is 2.81. The molecule has 0 aromatic heterocycles. The first-order valence-corrected chi connectivity index (χ1v) is 11.1. The maximum Gasteiger partial charge on any atom is 0.335 e. The summed E-state index contributed by atoms with van der Waals surface area (Å²) in [4.78, 5) is 11.1. The fraction of sp³-hybridized carbons (Fsp3) is 0.464. The molecule has 1 aliphatic rings. The molecule has 3 rings (SSSR count). The number of hydrogen-bond donors (Lipinski definition) is 1. The number of fused-ring (bicyclic) bond motifs is 1. The van der Waals surface area contributed by atoms with Gasteiger partial charge < -0.3 is 5.11 Å². The molecule has 0 aliphatic heterocycles. The van der Waals surface area contributed by atoms with Gasteiger partial charge in [0, 0.05) is 0 Å². The van der Waals surface area contributed by atoms with Crippen molar-refractivity contribution in [3.05, 3.63) is 69.8 Å². The molecular weight excluding hydrogens is 368 g/mol. The van der Waals surface area contributed by atoms with E-state index in [1.165, 1.54) is 28.7 Å². The summed E-state index contributed by atoms with van der Waals surface area (Å²) in [7, 11) is 0. The number of carboxylic acids is 1. The highest BCUT2D eigenvalue weighted by Gasteiger charge is 2.48. The maximum atomic E-state index is 11.1. The Morgan fingerprint density at radius 1 is 1.00 bits per heavy atom. The summed E-state index contributed by atoms with van der Waals surface area (Å²) in [6, 6.07) is 12.0. The quantitative estimate of drug-likeness (QED) is 0.511. The molecule has 2 aromatic rings. The van der Waals surface area contributed by atoms with E-state index in [2.05, 4.69) is 72.8 Å². The average molecular weight is 405 g/mol. The lowest BCUT2D eigenvalue weighted by molar-refractivity contribution is 0.0697. The predicted molar refractivity (Wildman–Crippen MR) is 127 cm³/mol. The zero-order valence-electron chi connectivity index (χ0n) is 19.5. The molecule has 0 heterocycles. The van der Waals surface area contributed by atoms with Crippen molar-refractivity contribution in [2.45, 2.75) is 72.1 Å². The first-order chi connectivity index (χ1) is 13.9. The van der Waals surface area contributed by atoms with Gasteiger partial charge in [0.05, 0.1) is 5.56 Å². The van der Waals surface area contributed by atoms with Gasteiger partial charge in [-0.2, -0.15) is 0 Å². The third kappa shape index (κ3) is 4.10. The van der Waals surface area contributed by atoms with E-state index in [9.17, 15) is 4.79 Å². The minimum absolute atomic E-state index is 0.140. The first-order valence-electron chi connectivity index (χ1n) is 11.1. The summed E-state index contributed by atoms with van der Waals surface area (Å²) in [6.07, 6.45) is 6.56. The summed E-state index contributed by atoms with van der Waals surface area (Å²) in [6.45, 7) is 16.5. The van der Waals surface area contributed by atoms with Crippen molar-refractivity contribution >= 4 is 18.1 Å². The zero-order valence-corrected chi connectivity index (χ0v) is 19.5. The van der Waals surface area contributed by atoms with Crippen LogP contribution in [0, 0.1) is 11.8 Å². The van der Waals surface area contributed by atoms with Gasteiger partial charge in [0.2, 0.25) is 0 Å². The third-order valence-corrected chi connectivity index (χ3v) is 7.44.